The number of fused-ring (bicyclic) bond motifs is 1. The molecule has 0 unspecified atom stereocenters. The molecule has 150 valence electrons. The lowest BCUT2D eigenvalue weighted by molar-refractivity contribution is -0.385. The molecule has 8 nitrogen and oxygen atoms in total. The zero-order chi connectivity index (χ0) is 21.1. The van der Waals surface area contributed by atoms with Crippen molar-refractivity contribution in [3.8, 4) is 17.2 Å². The quantitative estimate of drug-likeness (QED) is 0.356. The van der Waals surface area contributed by atoms with Crippen molar-refractivity contribution in [1.82, 2.24) is 4.98 Å². The molecule has 3 aromatic carbocycles. The smallest absolute Gasteiger partial charge is 0.311 e. The van der Waals surface area contributed by atoms with Crippen LogP contribution in [0.15, 0.2) is 71.1 Å². The maximum atomic E-state index is 12.6. The van der Waals surface area contributed by atoms with E-state index >= 15 is 0 Å². The van der Waals surface area contributed by atoms with Gasteiger partial charge < -0.3 is 14.5 Å². The first-order chi connectivity index (χ1) is 14.5. The number of amides is 1. The Bertz CT molecular complexity index is 1230. The van der Waals surface area contributed by atoms with Gasteiger partial charge in [0.25, 0.3) is 5.91 Å². The summed E-state index contributed by atoms with van der Waals surface area (Å²) in [5.74, 6) is 0.125. The molecule has 0 saturated heterocycles. The maximum Gasteiger partial charge on any atom is 0.311 e. The fourth-order valence-electron chi connectivity index (χ4n) is 2.99. The lowest BCUT2D eigenvalue weighted by atomic mass is 10.1. The summed E-state index contributed by atoms with van der Waals surface area (Å²) in [5, 5.41) is 14.0. The number of carbonyl (C=O) groups is 1. The second-order valence-corrected chi connectivity index (χ2v) is 6.39. The molecule has 0 aliphatic carbocycles. The van der Waals surface area contributed by atoms with Gasteiger partial charge in [-0.05, 0) is 49.4 Å². The Kier molecular flexibility index (Phi) is 5.13. The fraction of sp³-hybridized carbons (Fsp3) is 0.0909. The Balaban J connectivity index is 1.58. The van der Waals surface area contributed by atoms with Gasteiger partial charge in [-0.25, -0.2) is 4.98 Å². The Morgan fingerprint density at radius 3 is 2.67 bits per heavy atom. The molecule has 30 heavy (non-hydrogen) atoms. The van der Waals surface area contributed by atoms with Crippen LogP contribution in [-0.4, -0.2) is 22.4 Å². The molecule has 4 aromatic rings. The van der Waals surface area contributed by atoms with Gasteiger partial charge in [0.05, 0.1) is 11.5 Å². The van der Waals surface area contributed by atoms with Crippen molar-refractivity contribution < 1.29 is 18.9 Å². The molecule has 0 spiro atoms. The summed E-state index contributed by atoms with van der Waals surface area (Å²) in [7, 11) is 0. The van der Waals surface area contributed by atoms with Crippen LogP contribution in [0.3, 0.4) is 0 Å². The van der Waals surface area contributed by atoms with Crippen LogP contribution in [0, 0.1) is 10.1 Å². The SMILES string of the molecule is CCOc1ccc(C(=O)Nc2ccc3oc(-c4ccccc4)nc3c2)cc1[N+](=O)[O-]. The number of benzene rings is 3. The van der Waals surface area contributed by atoms with Gasteiger partial charge in [0.15, 0.2) is 11.3 Å². The minimum Gasteiger partial charge on any atom is -0.487 e. The summed E-state index contributed by atoms with van der Waals surface area (Å²) in [6, 6.07) is 18.7. The lowest BCUT2D eigenvalue weighted by Crippen LogP contribution is -2.12. The van der Waals surface area contributed by atoms with Gasteiger partial charge in [-0.15, -0.1) is 0 Å². The summed E-state index contributed by atoms with van der Waals surface area (Å²) in [6.07, 6.45) is 0. The molecule has 8 heteroatoms. The van der Waals surface area contributed by atoms with Gasteiger partial charge in [0, 0.05) is 22.9 Å². The fourth-order valence-corrected chi connectivity index (χ4v) is 2.99. The molecule has 0 atom stereocenters. The molecule has 4 rings (SSSR count). The number of rotatable bonds is 6. The summed E-state index contributed by atoms with van der Waals surface area (Å²) in [5.41, 5.74) is 2.41. The number of nitrogens with zero attached hydrogens (tertiary/aromatic N) is 2. The molecule has 0 aliphatic heterocycles. The Hall–Kier alpha value is -4.20. The number of carbonyl (C=O) groups excluding carboxylic acids is 1. The number of aromatic nitrogens is 1. The molecule has 0 bridgehead atoms. The van der Waals surface area contributed by atoms with E-state index in [-0.39, 0.29) is 23.6 Å². The first-order valence-electron chi connectivity index (χ1n) is 9.23. The van der Waals surface area contributed by atoms with Crippen LogP contribution >= 0.6 is 0 Å². The van der Waals surface area contributed by atoms with Gasteiger partial charge in [0.2, 0.25) is 5.89 Å². The van der Waals surface area contributed by atoms with Crippen molar-refractivity contribution in [3.05, 3.63) is 82.4 Å². The highest BCUT2D eigenvalue weighted by atomic mass is 16.6. The van der Waals surface area contributed by atoms with Crippen LogP contribution in [0.1, 0.15) is 17.3 Å². The van der Waals surface area contributed by atoms with Crippen LogP contribution in [-0.2, 0) is 0 Å². The number of oxazole rings is 1. The number of nitrogens with one attached hydrogen (secondary N) is 1. The van der Waals surface area contributed by atoms with E-state index in [2.05, 4.69) is 10.3 Å². The number of nitro benzene ring substituents is 1. The second-order valence-electron chi connectivity index (χ2n) is 6.39. The van der Waals surface area contributed by atoms with Crippen LogP contribution in [0.25, 0.3) is 22.6 Å². The van der Waals surface area contributed by atoms with Crippen LogP contribution in [0.4, 0.5) is 11.4 Å². The Morgan fingerprint density at radius 1 is 1.13 bits per heavy atom. The Labute approximate surface area is 171 Å². The first-order valence-corrected chi connectivity index (χ1v) is 9.23. The molecular formula is C22H17N3O5. The topological polar surface area (TPSA) is 108 Å². The number of anilines is 1. The third kappa shape index (κ3) is 3.83. The number of nitro groups is 1. The maximum absolute atomic E-state index is 12.6. The van der Waals surface area contributed by atoms with E-state index in [1.807, 2.05) is 30.3 Å². The van der Waals surface area contributed by atoms with Crippen molar-refractivity contribution in [2.24, 2.45) is 0 Å². The summed E-state index contributed by atoms with van der Waals surface area (Å²) < 4.78 is 11.0. The first kappa shape index (κ1) is 19.1. The van der Waals surface area contributed by atoms with E-state index in [1.54, 1.807) is 25.1 Å². The molecular weight excluding hydrogens is 386 g/mol. The molecule has 1 N–H and O–H groups in total. The van der Waals surface area contributed by atoms with Gasteiger partial charge >= 0.3 is 5.69 Å². The molecule has 1 heterocycles. The number of hydrogen-bond acceptors (Lipinski definition) is 6. The largest absolute Gasteiger partial charge is 0.487 e. The number of ether oxygens (including phenoxy) is 1. The molecule has 0 radical (unpaired) electrons. The molecule has 1 amide bonds. The van der Waals surface area contributed by atoms with Gasteiger partial charge in [-0.3, -0.25) is 14.9 Å². The monoisotopic (exact) mass is 403 g/mol. The Morgan fingerprint density at radius 2 is 1.93 bits per heavy atom. The summed E-state index contributed by atoms with van der Waals surface area (Å²) in [6.45, 7) is 2.02. The van der Waals surface area contributed by atoms with Crippen molar-refractivity contribution in [2.45, 2.75) is 6.92 Å². The predicted octanol–water partition coefficient (Wildman–Crippen LogP) is 5.05. The zero-order valence-electron chi connectivity index (χ0n) is 16.0. The molecule has 0 aliphatic rings. The van der Waals surface area contributed by atoms with Gasteiger partial charge in [-0.2, -0.15) is 0 Å². The average molecular weight is 403 g/mol. The predicted molar refractivity (Wildman–Crippen MR) is 112 cm³/mol. The summed E-state index contributed by atoms with van der Waals surface area (Å²) in [4.78, 5) is 27.8. The zero-order valence-corrected chi connectivity index (χ0v) is 16.0. The number of hydrogen-bond donors (Lipinski definition) is 1. The minimum absolute atomic E-state index is 0.122. The molecule has 0 fully saturated rings. The van der Waals surface area contributed by atoms with E-state index in [4.69, 9.17) is 9.15 Å². The average Bonchev–Trinajstić information content (AvgIpc) is 3.18. The van der Waals surface area contributed by atoms with Gasteiger partial charge in [0.1, 0.15) is 5.52 Å². The second kappa shape index (κ2) is 8.04. The van der Waals surface area contributed by atoms with Crippen LogP contribution < -0.4 is 10.1 Å². The third-order valence-electron chi connectivity index (χ3n) is 4.38. The van der Waals surface area contributed by atoms with Crippen LogP contribution in [0.5, 0.6) is 5.75 Å². The highest BCUT2D eigenvalue weighted by molar-refractivity contribution is 6.05. The van der Waals surface area contributed by atoms with Crippen LogP contribution in [0.2, 0.25) is 0 Å². The van der Waals surface area contributed by atoms with E-state index < -0.39 is 10.8 Å². The van der Waals surface area contributed by atoms with Gasteiger partial charge in [-0.1, -0.05) is 18.2 Å². The normalized spacial score (nSPS) is 10.7. The van der Waals surface area contributed by atoms with Crippen molar-refractivity contribution in [3.63, 3.8) is 0 Å². The van der Waals surface area contributed by atoms with E-state index in [0.717, 1.165) is 5.56 Å². The highest BCUT2D eigenvalue weighted by Crippen LogP contribution is 2.29. The molecule has 1 aromatic heterocycles. The molecule has 0 saturated carbocycles. The third-order valence-corrected chi connectivity index (χ3v) is 4.38. The van der Waals surface area contributed by atoms with E-state index in [1.165, 1.54) is 18.2 Å². The summed E-state index contributed by atoms with van der Waals surface area (Å²) >= 11 is 0. The van der Waals surface area contributed by atoms with Crippen molar-refractivity contribution in [1.29, 1.82) is 0 Å². The highest BCUT2D eigenvalue weighted by Gasteiger charge is 2.19. The standard InChI is InChI=1S/C22H17N3O5/c1-2-29-20-10-8-15(12-18(20)25(27)28)21(26)23-16-9-11-19-17(13-16)24-22(30-19)14-6-4-3-5-7-14/h3-13H,2H2,1H3,(H,23,26). The van der Waals surface area contributed by atoms with Crippen molar-refractivity contribution >= 4 is 28.4 Å². The minimum atomic E-state index is -0.575. The van der Waals surface area contributed by atoms with E-state index in [0.29, 0.717) is 22.7 Å². The van der Waals surface area contributed by atoms with Crippen molar-refractivity contribution in [2.75, 3.05) is 11.9 Å². The van der Waals surface area contributed by atoms with E-state index in [9.17, 15) is 14.9 Å². The lowest BCUT2D eigenvalue weighted by Gasteiger charge is -2.07.